The summed E-state index contributed by atoms with van der Waals surface area (Å²) in [4.78, 5) is 14.0. The Hall–Kier alpha value is -2.07. The summed E-state index contributed by atoms with van der Waals surface area (Å²) in [5.74, 6) is -0.325. The van der Waals surface area contributed by atoms with Crippen LogP contribution in [0.4, 0.5) is 9.18 Å². The van der Waals surface area contributed by atoms with Crippen molar-refractivity contribution in [2.24, 2.45) is 0 Å². The normalized spacial score (nSPS) is 13.3. The number of carbonyl (C=O) groups is 1. The molecule has 122 valence electrons. The standard InChI is InChI=1S/C18H20ClFN2O/c1-12(16-6-4-5-7-17(16)20)21-18(23)22(3)13(2)14-8-10-15(19)11-9-14/h4-13H,1-3H3,(H,21,23)/t12-,13+/m1/s1. The van der Waals surface area contributed by atoms with Crippen LogP contribution in [0.1, 0.15) is 37.1 Å². The smallest absolute Gasteiger partial charge is 0.318 e. The first-order valence-electron chi connectivity index (χ1n) is 7.43. The maximum Gasteiger partial charge on any atom is 0.318 e. The SMILES string of the molecule is C[C@@H](NC(=O)N(C)[C@@H](C)c1ccc(Cl)cc1)c1ccccc1F. The lowest BCUT2D eigenvalue weighted by atomic mass is 10.1. The highest BCUT2D eigenvalue weighted by molar-refractivity contribution is 6.30. The van der Waals surface area contributed by atoms with Crippen molar-refractivity contribution >= 4 is 17.6 Å². The summed E-state index contributed by atoms with van der Waals surface area (Å²) in [7, 11) is 1.71. The number of amides is 2. The van der Waals surface area contributed by atoms with Gasteiger partial charge in [0.2, 0.25) is 0 Å². The number of hydrogen-bond donors (Lipinski definition) is 1. The third-order valence-corrected chi connectivity index (χ3v) is 4.22. The van der Waals surface area contributed by atoms with E-state index in [0.717, 1.165) is 5.56 Å². The lowest BCUT2D eigenvalue weighted by Gasteiger charge is -2.27. The Morgan fingerprint density at radius 1 is 1.13 bits per heavy atom. The number of hydrogen-bond acceptors (Lipinski definition) is 1. The van der Waals surface area contributed by atoms with Crippen molar-refractivity contribution in [2.75, 3.05) is 7.05 Å². The molecule has 0 bridgehead atoms. The van der Waals surface area contributed by atoms with Crippen LogP contribution in [0, 0.1) is 5.82 Å². The molecule has 0 unspecified atom stereocenters. The Labute approximate surface area is 141 Å². The van der Waals surface area contributed by atoms with Crippen LogP contribution in [0.3, 0.4) is 0 Å². The van der Waals surface area contributed by atoms with Gasteiger partial charge in [0.25, 0.3) is 0 Å². The van der Waals surface area contributed by atoms with Gasteiger partial charge in [-0.2, -0.15) is 0 Å². The van der Waals surface area contributed by atoms with E-state index in [-0.39, 0.29) is 17.9 Å². The van der Waals surface area contributed by atoms with Gasteiger partial charge in [0.1, 0.15) is 5.82 Å². The first kappa shape index (κ1) is 17.3. The largest absolute Gasteiger partial charge is 0.331 e. The molecule has 0 saturated carbocycles. The molecule has 23 heavy (non-hydrogen) atoms. The molecule has 0 aliphatic heterocycles. The molecule has 2 aromatic rings. The summed E-state index contributed by atoms with van der Waals surface area (Å²) in [5.41, 5.74) is 1.44. The van der Waals surface area contributed by atoms with Gasteiger partial charge in [-0.05, 0) is 37.6 Å². The molecule has 0 heterocycles. The molecule has 2 atom stereocenters. The van der Waals surface area contributed by atoms with Crippen molar-refractivity contribution in [3.8, 4) is 0 Å². The van der Waals surface area contributed by atoms with Crippen LogP contribution in [0.5, 0.6) is 0 Å². The zero-order valence-corrected chi connectivity index (χ0v) is 14.1. The lowest BCUT2D eigenvalue weighted by Crippen LogP contribution is -2.40. The summed E-state index contributed by atoms with van der Waals surface area (Å²) >= 11 is 5.88. The average Bonchev–Trinajstić information content (AvgIpc) is 2.54. The molecule has 0 saturated heterocycles. The quantitative estimate of drug-likeness (QED) is 0.843. The zero-order valence-electron chi connectivity index (χ0n) is 13.4. The maximum absolute atomic E-state index is 13.8. The fourth-order valence-electron chi connectivity index (χ4n) is 2.33. The molecule has 5 heteroatoms. The van der Waals surface area contributed by atoms with Crippen LogP contribution in [0.15, 0.2) is 48.5 Å². The van der Waals surface area contributed by atoms with Gasteiger partial charge >= 0.3 is 6.03 Å². The summed E-state index contributed by atoms with van der Waals surface area (Å²) in [6.45, 7) is 3.69. The highest BCUT2D eigenvalue weighted by Crippen LogP contribution is 2.22. The number of nitrogens with zero attached hydrogens (tertiary/aromatic N) is 1. The first-order chi connectivity index (χ1) is 10.9. The second-order valence-corrected chi connectivity index (χ2v) is 5.97. The van der Waals surface area contributed by atoms with Crippen LogP contribution in [-0.2, 0) is 0 Å². The Balaban J connectivity index is 2.04. The molecule has 2 amide bonds. The number of urea groups is 1. The number of benzene rings is 2. The van der Waals surface area contributed by atoms with E-state index in [0.29, 0.717) is 10.6 Å². The van der Waals surface area contributed by atoms with Crippen LogP contribution in [0.25, 0.3) is 0 Å². The van der Waals surface area contributed by atoms with Crippen LogP contribution in [0.2, 0.25) is 5.02 Å². The predicted octanol–water partition coefficient (Wildman–Crippen LogP) is 4.94. The van der Waals surface area contributed by atoms with E-state index < -0.39 is 6.04 Å². The molecule has 1 N–H and O–H groups in total. The van der Waals surface area contributed by atoms with E-state index >= 15 is 0 Å². The lowest BCUT2D eigenvalue weighted by molar-refractivity contribution is 0.191. The molecular weight excluding hydrogens is 315 g/mol. The monoisotopic (exact) mass is 334 g/mol. The minimum atomic E-state index is -0.413. The average molecular weight is 335 g/mol. The number of rotatable bonds is 4. The number of nitrogens with one attached hydrogen (secondary N) is 1. The van der Waals surface area contributed by atoms with Gasteiger partial charge in [-0.15, -0.1) is 0 Å². The van der Waals surface area contributed by atoms with E-state index in [1.807, 2.05) is 19.1 Å². The minimum absolute atomic E-state index is 0.125. The van der Waals surface area contributed by atoms with E-state index in [4.69, 9.17) is 11.6 Å². The fourth-order valence-corrected chi connectivity index (χ4v) is 2.46. The molecule has 0 aliphatic rings. The summed E-state index contributed by atoms with van der Waals surface area (Å²) in [6.07, 6.45) is 0. The molecule has 3 nitrogen and oxygen atoms in total. The van der Waals surface area contributed by atoms with E-state index in [9.17, 15) is 9.18 Å². The third kappa shape index (κ3) is 4.23. The second kappa shape index (κ2) is 7.47. The molecule has 0 fully saturated rings. The molecule has 2 rings (SSSR count). The topological polar surface area (TPSA) is 32.3 Å². The van der Waals surface area contributed by atoms with Crippen molar-refractivity contribution in [1.82, 2.24) is 10.2 Å². The molecule has 2 aromatic carbocycles. The Morgan fingerprint density at radius 2 is 1.74 bits per heavy atom. The fraction of sp³-hybridized carbons (Fsp3) is 0.278. The highest BCUT2D eigenvalue weighted by Gasteiger charge is 2.20. The van der Waals surface area contributed by atoms with E-state index in [1.54, 1.807) is 49.2 Å². The van der Waals surface area contributed by atoms with Crippen LogP contribution in [-0.4, -0.2) is 18.0 Å². The Bertz CT molecular complexity index is 675. The van der Waals surface area contributed by atoms with Gasteiger partial charge in [-0.3, -0.25) is 0 Å². The number of carbonyl (C=O) groups excluding carboxylic acids is 1. The summed E-state index contributed by atoms with van der Waals surface area (Å²) < 4.78 is 13.8. The Morgan fingerprint density at radius 3 is 2.35 bits per heavy atom. The van der Waals surface area contributed by atoms with Crippen molar-refractivity contribution in [3.05, 3.63) is 70.5 Å². The van der Waals surface area contributed by atoms with E-state index in [1.165, 1.54) is 6.07 Å². The van der Waals surface area contributed by atoms with Gasteiger partial charge in [-0.25, -0.2) is 9.18 Å². The summed E-state index contributed by atoms with van der Waals surface area (Å²) in [5, 5.41) is 3.47. The highest BCUT2D eigenvalue weighted by atomic mass is 35.5. The zero-order chi connectivity index (χ0) is 17.0. The van der Waals surface area contributed by atoms with Gasteiger partial charge in [0, 0.05) is 17.6 Å². The number of halogens is 2. The molecule has 0 aromatic heterocycles. The van der Waals surface area contributed by atoms with Crippen molar-refractivity contribution < 1.29 is 9.18 Å². The predicted molar refractivity (Wildman–Crippen MR) is 91.0 cm³/mol. The van der Waals surface area contributed by atoms with Gasteiger partial charge in [-0.1, -0.05) is 41.9 Å². The first-order valence-corrected chi connectivity index (χ1v) is 7.81. The molecule has 0 aliphatic carbocycles. The van der Waals surface area contributed by atoms with Crippen molar-refractivity contribution in [2.45, 2.75) is 25.9 Å². The third-order valence-electron chi connectivity index (χ3n) is 3.97. The van der Waals surface area contributed by atoms with Gasteiger partial charge in [0.05, 0.1) is 12.1 Å². The van der Waals surface area contributed by atoms with Gasteiger partial charge < -0.3 is 10.2 Å². The molecule has 0 spiro atoms. The second-order valence-electron chi connectivity index (χ2n) is 5.53. The van der Waals surface area contributed by atoms with E-state index in [2.05, 4.69) is 5.32 Å². The van der Waals surface area contributed by atoms with Crippen LogP contribution < -0.4 is 5.32 Å². The van der Waals surface area contributed by atoms with Crippen LogP contribution >= 0.6 is 11.6 Å². The molecule has 0 radical (unpaired) electrons. The van der Waals surface area contributed by atoms with Gasteiger partial charge in [0.15, 0.2) is 0 Å². The Kier molecular flexibility index (Phi) is 5.61. The molecular formula is C18H20ClFN2O. The minimum Gasteiger partial charge on any atom is -0.331 e. The van der Waals surface area contributed by atoms with Crippen molar-refractivity contribution in [3.63, 3.8) is 0 Å². The summed E-state index contributed by atoms with van der Waals surface area (Å²) in [6, 6.07) is 13.0. The maximum atomic E-state index is 13.8. The van der Waals surface area contributed by atoms with Crippen molar-refractivity contribution in [1.29, 1.82) is 0 Å².